The average molecular weight is 124 g/mol. The lowest BCUT2D eigenvalue weighted by Gasteiger charge is -2.11. The van der Waals surface area contributed by atoms with Gasteiger partial charge in [0.15, 0.2) is 5.78 Å². The fourth-order valence-corrected chi connectivity index (χ4v) is 0.774. The molecule has 48 valence electrons. The quantitative estimate of drug-likeness (QED) is 0.515. The van der Waals surface area contributed by atoms with E-state index in [1.807, 2.05) is 0 Å². The number of ketones is 1. The highest BCUT2D eigenvalue weighted by Crippen LogP contribution is 2.19. The van der Waals surface area contributed by atoms with E-state index in [1.54, 1.807) is 0 Å². The summed E-state index contributed by atoms with van der Waals surface area (Å²) in [5.74, 6) is -0.0441. The summed E-state index contributed by atoms with van der Waals surface area (Å²) in [7, 11) is 0. The number of carbonyl (C=O) groups is 1. The molecule has 0 bridgehead atoms. The molecule has 0 saturated heterocycles. The van der Waals surface area contributed by atoms with Gasteiger partial charge in [-0.2, -0.15) is 0 Å². The summed E-state index contributed by atoms with van der Waals surface area (Å²) in [6, 6.07) is 0. The van der Waals surface area contributed by atoms with Gasteiger partial charge in [0.2, 0.25) is 0 Å². The summed E-state index contributed by atoms with van der Waals surface area (Å²) in [5.41, 5.74) is -1.06. The molecule has 1 aliphatic rings. The van der Waals surface area contributed by atoms with Crippen LogP contribution in [0.5, 0.6) is 0 Å². The molecule has 2 nitrogen and oxygen atoms in total. The Kier molecular flexibility index (Phi) is 1.25. The maximum Gasteiger partial charge on any atom is 0.159 e. The van der Waals surface area contributed by atoms with Gasteiger partial charge in [0, 0.05) is 6.42 Å². The first-order valence-electron chi connectivity index (χ1n) is 2.74. The molecule has 1 rings (SSSR count). The second kappa shape index (κ2) is 1.81. The first-order chi connectivity index (χ1) is 4.16. The lowest BCUT2D eigenvalue weighted by Crippen LogP contribution is -2.20. The molecular formula is C7H8O2. The molecular weight excluding hydrogens is 116 g/mol. The third kappa shape index (κ3) is 1.08. The molecule has 0 saturated carbocycles. The van der Waals surface area contributed by atoms with Crippen molar-refractivity contribution < 1.29 is 9.90 Å². The molecule has 0 spiro atoms. The number of hydrogen-bond donors (Lipinski definition) is 1. The largest absolute Gasteiger partial charge is 0.381 e. The normalized spacial score (nSPS) is 33.2. The number of hydrogen-bond acceptors (Lipinski definition) is 2. The van der Waals surface area contributed by atoms with Crippen LogP contribution in [-0.4, -0.2) is 16.5 Å². The van der Waals surface area contributed by atoms with Crippen molar-refractivity contribution in [3.8, 4) is 0 Å². The minimum absolute atomic E-state index is 0.0441. The van der Waals surface area contributed by atoms with Crippen molar-refractivity contribution in [2.75, 3.05) is 0 Å². The highest BCUT2D eigenvalue weighted by atomic mass is 16.3. The summed E-state index contributed by atoms with van der Waals surface area (Å²) in [6.45, 7) is 3.40. The van der Waals surface area contributed by atoms with Crippen LogP contribution in [0.3, 0.4) is 0 Å². The van der Waals surface area contributed by atoms with Crippen molar-refractivity contribution in [1.29, 1.82) is 0 Å². The van der Waals surface area contributed by atoms with E-state index in [1.165, 1.54) is 18.2 Å². The third-order valence-corrected chi connectivity index (χ3v) is 1.37. The molecule has 1 atom stereocenters. The Morgan fingerprint density at radius 3 is 2.78 bits per heavy atom. The van der Waals surface area contributed by atoms with Crippen molar-refractivity contribution in [3.63, 3.8) is 0 Å². The standard InChI is InChI=1S/C7H8O2/c1-2-7(9)4-3-6(8)5-7/h2-4,9H,1,5H2. The third-order valence-electron chi connectivity index (χ3n) is 1.37. The maximum absolute atomic E-state index is 10.5. The Morgan fingerprint density at radius 2 is 2.56 bits per heavy atom. The van der Waals surface area contributed by atoms with Crippen molar-refractivity contribution in [2.45, 2.75) is 12.0 Å². The lowest BCUT2D eigenvalue weighted by atomic mass is 10.0. The van der Waals surface area contributed by atoms with E-state index in [4.69, 9.17) is 0 Å². The van der Waals surface area contributed by atoms with E-state index in [0.717, 1.165) is 0 Å². The molecule has 9 heavy (non-hydrogen) atoms. The van der Waals surface area contributed by atoms with E-state index in [2.05, 4.69) is 6.58 Å². The van der Waals surface area contributed by atoms with Gasteiger partial charge >= 0.3 is 0 Å². The minimum Gasteiger partial charge on any atom is -0.381 e. The van der Waals surface area contributed by atoms with E-state index < -0.39 is 5.60 Å². The number of rotatable bonds is 1. The highest BCUT2D eigenvalue weighted by molar-refractivity contribution is 5.94. The molecule has 0 aromatic heterocycles. The van der Waals surface area contributed by atoms with Crippen LogP contribution in [0.15, 0.2) is 24.8 Å². The van der Waals surface area contributed by atoms with Gasteiger partial charge in [-0.15, -0.1) is 0 Å². The fourth-order valence-electron chi connectivity index (χ4n) is 0.774. The van der Waals surface area contributed by atoms with Gasteiger partial charge in [0.25, 0.3) is 0 Å². The molecule has 2 heteroatoms. The van der Waals surface area contributed by atoms with E-state index in [0.29, 0.717) is 0 Å². The van der Waals surface area contributed by atoms with Crippen molar-refractivity contribution in [2.24, 2.45) is 0 Å². The van der Waals surface area contributed by atoms with Gasteiger partial charge in [-0.3, -0.25) is 4.79 Å². The Bertz CT molecular complexity index is 181. The van der Waals surface area contributed by atoms with Crippen LogP contribution in [0.1, 0.15) is 6.42 Å². The van der Waals surface area contributed by atoms with Crippen molar-refractivity contribution in [1.82, 2.24) is 0 Å². The maximum atomic E-state index is 10.5. The van der Waals surface area contributed by atoms with Gasteiger partial charge in [-0.25, -0.2) is 0 Å². The average Bonchev–Trinajstić information content (AvgIpc) is 2.13. The summed E-state index contributed by atoms with van der Waals surface area (Å²) >= 11 is 0. The van der Waals surface area contributed by atoms with Gasteiger partial charge < -0.3 is 5.11 Å². The van der Waals surface area contributed by atoms with Crippen LogP contribution < -0.4 is 0 Å². The van der Waals surface area contributed by atoms with Gasteiger partial charge in [-0.1, -0.05) is 12.7 Å². The number of carbonyl (C=O) groups excluding carboxylic acids is 1. The molecule has 0 aromatic rings. The van der Waals surface area contributed by atoms with Crippen LogP contribution in [0.2, 0.25) is 0 Å². The van der Waals surface area contributed by atoms with Gasteiger partial charge in [0.05, 0.1) is 0 Å². The molecule has 1 unspecified atom stereocenters. The van der Waals surface area contributed by atoms with Crippen molar-refractivity contribution in [3.05, 3.63) is 24.8 Å². The smallest absolute Gasteiger partial charge is 0.159 e. The molecule has 0 heterocycles. The summed E-state index contributed by atoms with van der Waals surface area (Å²) in [5, 5.41) is 9.24. The number of allylic oxidation sites excluding steroid dienone is 1. The molecule has 0 aromatic carbocycles. The first kappa shape index (κ1) is 6.23. The van der Waals surface area contributed by atoms with Gasteiger partial charge in [-0.05, 0) is 12.2 Å². The van der Waals surface area contributed by atoms with Crippen LogP contribution in [0.25, 0.3) is 0 Å². The van der Waals surface area contributed by atoms with E-state index >= 15 is 0 Å². The SMILES string of the molecule is C=CC1(O)C=CC(=O)C1. The van der Waals surface area contributed by atoms with E-state index in [-0.39, 0.29) is 12.2 Å². The molecule has 1 aliphatic carbocycles. The summed E-state index contributed by atoms with van der Waals surface area (Å²) in [4.78, 5) is 10.5. The van der Waals surface area contributed by atoms with Crippen molar-refractivity contribution >= 4 is 5.78 Å². The zero-order valence-corrected chi connectivity index (χ0v) is 5.00. The topological polar surface area (TPSA) is 37.3 Å². The van der Waals surface area contributed by atoms with E-state index in [9.17, 15) is 9.90 Å². The minimum atomic E-state index is -1.06. The fraction of sp³-hybridized carbons (Fsp3) is 0.286. The highest BCUT2D eigenvalue weighted by Gasteiger charge is 2.27. The van der Waals surface area contributed by atoms with Crippen LogP contribution in [0, 0.1) is 0 Å². The first-order valence-corrected chi connectivity index (χ1v) is 2.74. The predicted octanol–water partition coefficient (Wildman–Crippen LogP) is 0.432. The zero-order chi connectivity index (χ0) is 6.91. The second-order valence-electron chi connectivity index (χ2n) is 2.17. The van der Waals surface area contributed by atoms with Crippen LogP contribution >= 0.6 is 0 Å². The molecule has 0 fully saturated rings. The van der Waals surface area contributed by atoms with Crippen LogP contribution in [0.4, 0.5) is 0 Å². The Hall–Kier alpha value is -0.890. The molecule has 1 N–H and O–H groups in total. The Balaban J connectivity index is 2.79. The Morgan fingerprint density at radius 1 is 1.89 bits per heavy atom. The van der Waals surface area contributed by atoms with Crippen LogP contribution in [-0.2, 0) is 4.79 Å². The Labute approximate surface area is 53.5 Å². The summed E-state index contributed by atoms with van der Waals surface area (Å²) < 4.78 is 0. The monoisotopic (exact) mass is 124 g/mol. The molecule has 0 amide bonds. The summed E-state index contributed by atoms with van der Waals surface area (Å²) in [6.07, 6.45) is 4.36. The second-order valence-corrected chi connectivity index (χ2v) is 2.17. The zero-order valence-electron chi connectivity index (χ0n) is 5.00. The van der Waals surface area contributed by atoms with Gasteiger partial charge in [0.1, 0.15) is 5.60 Å². The predicted molar refractivity (Wildman–Crippen MR) is 33.9 cm³/mol. The number of aliphatic hydroxyl groups is 1. The molecule has 0 aliphatic heterocycles. The molecule has 0 radical (unpaired) electrons. The lowest BCUT2D eigenvalue weighted by molar-refractivity contribution is -0.115.